The van der Waals surface area contributed by atoms with Crippen molar-refractivity contribution in [3.05, 3.63) is 36.7 Å². The lowest BCUT2D eigenvalue weighted by Crippen LogP contribution is -2.18. The third-order valence-corrected chi connectivity index (χ3v) is 2.20. The van der Waals surface area contributed by atoms with Gasteiger partial charge < -0.3 is 11.5 Å². The molecule has 5 heteroatoms. The summed E-state index contributed by atoms with van der Waals surface area (Å²) in [6.45, 7) is 0.0922. The van der Waals surface area contributed by atoms with E-state index in [4.69, 9.17) is 11.5 Å². The average Bonchev–Trinajstić information content (AvgIpc) is 2.66. The van der Waals surface area contributed by atoms with Crippen molar-refractivity contribution >= 4 is 11.6 Å². The van der Waals surface area contributed by atoms with Gasteiger partial charge in [-0.05, 0) is 17.7 Å². The number of carbonyl (C=O) groups excluding carboxylic acids is 1. The second-order valence-electron chi connectivity index (χ2n) is 3.51. The molecular formula is C11H12N4O. The lowest BCUT2D eigenvalue weighted by Gasteiger charge is -1.97. The molecule has 0 aliphatic rings. The van der Waals surface area contributed by atoms with Crippen molar-refractivity contribution in [2.75, 3.05) is 5.73 Å². The summed E-state index contributed by atoms with van der Waals surface area (Å²) in [5.41, 5.74) is 13.3. The maximum absolute atomic E-state index is 10.7. The molecule has 0 saturated heterocycles. The molecule has 5 nitrogen and oxygen atoms in total. The molecule has 1 aromatic heterocycles. The lowest BCUT2D eigenvalue weighted by molar-refractivity contribution is -0.118. The number of amides is 1. The van der Waals surface area contributed by atoms with E-state index in [0.29, 0.717) is 5.69 Å². The Morgan fingerprint density at radius 1 is 1.25 bits per heavy atom. The van der Waals surface area contributed by atoms with Gasteiger partial charge in [-0.2, -0.15) is 5.10 Å². The summed E-state index contributed by atoms with van der Waals surface area (Å²) in [5.74, 6) is -0.410. The van der Waals surface area contributed by atoms with Crippen molar-refractivity contribution in [3.8, 4) is 11.1 Å². The minimum Gasteiger partial charge on any atom is -0.399 e. The third kappa shape index (κ3) is 2.20. The first-order chi connectivity index (χ1) is 7.65. The van der Waals surface area contributed by atoms with Crippen LogP contribution in [-0.4, -0.2) is 15.7 Å². The molecule has 0 aliphatic carbocycles. The van der Waals surface area contributed by atoms with E-state index < -0.39 is 5.91 Å². The molecule has 0 fully saturated rings. The van der Waals surface area contributed by atoms with E-state index in [1.54, 1.807) is 12.4 Å². The van der Waals surface area contributed by atoms with E-state index in [-0.39, 0.29) is 6.54 Å². The van der Waals surface area contributed by atoms with Gasteiger partial charge in [-0.25, -0.2) is 0 Å². The molecule has 1 amide bonds. The van der Waals surface area contributed by atoms with Gasteiger partial charge in [0.25, 0.3) is 0 Å². The molecule has 0 bridgehead atoms. The van der Waals surface area contributed by atoms with Crippen molar-refractivity contribution in [3.63, 3.8) is 0 Å². The molecule has 1 aromatic carbocycles. The number of hydrogen-bond donors (Lipinski definition) is 2. The van der Waals surface area contributed by atoms with Crippen LogP contribution in [0.4, 0.5) is 5.69 Å². The Morgan fingerprint density at radius 3 is 2.56 bits per heavy atom. The Hall–Kier alpha value is -2.30. The van der Waals surface area contributed by atoms with Gasteiger partial charge in [0.15, 0.2) is 0 Å². The highest BCUT2D eigenvalue weighted by molar-refractivity contribution is 5.73. The number of carbonyl (C=O) groups is 1. The van der Waals surface area contributed by atoms with Crippen LogP contribution in [0.5, 0.6) is 0 Å². The molecule has 1 heterocycles. The summed E-state index contributed by atoms with van der Waals surface area (Å²) in [5, 5.41) is 4.04. The van der Waals surface area contributed by atoms with Crippen LogP contribution < -0.4 is 11.5 Å². The second kappa shape index (κ2) is 4.06. The lowest BCUT2D eigenvalue weighted by atomic mass is 10.1. The number of nitrogens with two attached hydrogens (primary N) is 2. The molecule has 0 unspecified atom stereocenters. The minimum absolute atomic E-state index is 0.0922. The quantitative estimate of drug-likeness (QED) is 0.737. The topological polar surface area (TPSA) is 86.9 Å². The SMILES string of the molecule is NC(=O)Cn1cc(-c2ccc(N)cc2)cn1. The Morgan fingerprint density at radius 2 is 1.94 bits per heavy atom. The monoisotopic (exact) mass is 216 g/mol. The fourth-order valence-electron chi connectivity index (χ4n) is 1.43. The highest BCUT2D eigenvalue weighted by Gasteiger charge is 2.03. The summed E-state index contributed by atoms with van der Waals surface area (Å²) in [6.07, 6.45) is 3.46. The van der Waals surface area contributed by atoms with E-state index >= 15 is 0 Å². The predicted molar refractivity (Wildman–Crippen MR) is 61.3 cm³/mol. The molecule has 2 rings (SSSR count). The first-order valence-corrected chi connectivity index (χ1v) is 4.82. The summed E-state index contributed by atoms with van der Waals surface area (Å²) in [6, 6.07) is 7.45. The molecule has 0 atom stereocenters. The average molecular weight is 216 g/mol. The van der Waals surface area contributed by atoms with Crippen LogP contribution in [0.2, 0.25) is 0 Å². The van der Waals surface area contributed by atoms with Crippen molar-refractivity contribution in [1.29, 1.82) is 0 Å². The zero-order valence-corrected chi connectivity index (χ0v) is 8.63. The van der Waals surface area contributed by atoms with E-state index in [9.17, 15) is 4.79 Å². The highest BCUT2D eigenvalue weighted by atomic mass is 16.1. The number of nitrogens with zero attached hydrogens (tertiary/aromatic N) is 2. The van der Waals surface area contributed by atoms with Crippen LogP contribution in [0.3, 0.4) is 0 Å². The first-order valence-electron chi connectivity index (χ1n) is 4.82. The van der Waals surface area contributed by atoms with Crippen LogP contribution >= 0.6 is 0 Å². The van der Waals surface area contributed by atoms with Crippen LogP contribution in [0.15, 0.2) is 36.7 Å². The molecule has 0 aliphatic heterocycles. The Labute approximate surface area is 92.7 Å². The van der Waals surface area contributed by atoms with Gasteiger partial charge in [-0.3, -0.25) is 9.48 Å². The number of hydrogen-bond acceptors (Lipinski definition) is 3. The summed E-state index contributed by atoms with van der Waals surface area (Å²) < 4.78 is 1.51. The molecule has 4 N–H and O–H groups in total. The highest BCUT2D eigenvalue weighted by Crippen LogP contribution is 2.19. The fraction of sp³-hybridized carbons (Fsp3) is 0.0909. The van der Waals surface area contributed by atoms with Crippen LogP contribution in [0.1, 0.15) is 0 Å². The van der Waals surface area contributed by atoms with Crippen LogP contribution in [0.25, 0.3) is 11.1 Å². The molecule has 0 radical (unpaired) electrons. The Balaban J connectivity index is 2.24. The number of rotatable bonds is 3. The molecule has 82 valence electrons. The van der Waals surface area contributed by atoms with Gasteiger partial charge in [0, 0.05) is 17.4 Å². The van der Waals surface area contributed by atoms with Gasteiger partial charge >= 0.3 is 0 Å². The van der Waals surface area contributed by atoms with Gasteiger partial charge in [-0.1, -0.05) is 12.1 Å². The molecule has 0 saturated carbocycles. The van der Waals surface area contributed by atoms with Gasteiger partial charge in [0.1, 0.15) is 6.54 Å². The maximum atomic E-state index is 10.7. The molecule has 0 spiro atoms. The van der Waals surface area contributed by atoms with Gasteiger partial charge in [0.05, 0.1) is 6.20 Å². The van der Waals surface area contributed by atoms with Gasteiger partial charge in [-0.15, -0.1) is 0 Å². The number of nitrogen functional groups attached to an aromatic ring is 1. The van der Waals surface area contributed by atoms with Crippen molar-refractivity contribution in [2.45, 2.75) is 6.54 Å². The fourth-order valence-corrected chi connectivity index (χ4v) is 1.43. The normalized spacial score (nSPS) is 10.2. The number of anilines is 1. The maximum Gasteiger partial charge on any atom is 0.239 e. The predicted octanol–water partition coefficient (Wildman–Crippen LogP) is 0.618. The van der Waals surface area contributed by atoms with E-state index in [1.807, 2.05) is 24.3 Å². The molecule has 16 heavy (non-hydrogen) atoms. The van der Waals surface area contributed by atoms with E-state index in [0.717, 1.165) is 11.1 Å². The van der Waals surface area contributed by atoms with E-state index in [2.05, 4.69) is 5.10 Å². The van der Waals surface area contributed by atoms with Crippen molar-refractivity contribution in [1.82, 2.24) is 9.78 Å². The first kappa shape index (κ1) is 10.2. The van der Waals surface area contributed by atoms with Crippen molar-refractivity contribution in [2.24, 2.45) is 5.73 Å². The zero-order chi connectivity index (χ0) is 11.5. The largest absolute Gasteiger partial charge is 0.399 e. The number of benzene rings is 1. The zero-order valence-electron chi connectivity index (χ0n) is 8.63. The number of primary amides is 1. The molecular weight excluding hydrogens is 204 g/mol. The smallest absolute Gasteiger partial charge is 0.239 e. The minimum atomic E-state index is -0.410. The van der Waals surface area contributed by atoms with Crippen molar-refractivity contribution < 1.29 is 4.79 Å². The summed E-state index contributed by atoms with van der Waals surface area (Å²) in [4.78, 5) is 10.7. The van der Waals surface area contributed by atoms with Crippen LogP contribution in [0, 0.1) is 0 Å². The summed E-state index contributed by atoms with van der Waals surface area (Å²) >= 11 is 0. The van der Waals surface area contributed by atoms with E-state index in [1.165, 1.54) is 4.68 Å². The summed E-state index contributed by atoms with van der Waals surface area (Å²) in [7, 11) is 0. The Bertz CT molecular complexity index is 501. The molecule has 2 aromatic rings. The standard InChI is InChI=1S/C11H12N4O/c12-10-3-1-8(2-4-10)9-5-14-15(6-9)7-11(13)16/h1-6H,7,12H2,(H2,13,16). The van der Waals surface area contributed by atoms with Crippen LogP contribution in [-0.2, 0) is 11.3 Å². The Kier molecular flexibility index (Phi) is 2.59. The second-order valence-corrected chi connectivity index (χ2v) is 3.51. The van der Waals surface area contributed by atoms with Gasteiger partial charge in [0.2, 0.25) is 5.91 Å². The third-order valence-electron chi connectivity index (χ3n) is 2.20. The number of aromatic nitrogens is 2.